The number of hydrogen-bond acceptors (Lipinski definition) is 4. The Kier molecular flexibility index (Phi) is 8.45. The fraction of sp³-hybridized carbons (Fsp3) is 0.636. The van der Waals surface area contributed by atoms with E-state index in [1.165, 1.54) is 0 Å². The third-order valence-corrected chi connectivity index (χ3v) is 5.18. The first kappa shape index (κ1) is 22.4. The number of rotatable bonds is 8. The molecular formula is C22H34N2O4. The van der Waals surface area contributed by atoms with E-state index < -0.39 is 0 Å². The molecule has 156 valence electrons. The Hall–Kier alpha value is -1.92. The average Bonchev–Trinajstić information content (AvgIpc) is 2.67. The number of ether oxygens (including phenoxy) is 2. The molecule has 0 aromatic heterocycles. The number of carbonyl (C=O) groups excluding carboxylic acids is 2. The highest BCUT2D eigenvalue weighted by Gasteiger charge is 2.28. The van der Waals surface area contributed by atoms with Gasteiger partial charge in [0.15, 0.2) is 0 Å². The van der Waals surface area contributed by atoms with Gasteiger partial charge in [-0.1, -0.05) is 24.3 Å². The molecule has 1 saturated heterocycles. The van der Waals surface area contributed by atoms with Crippen molar-refractivity contribution in [2.24, 2.45) is 0 Å². The Morgan fingerprint density at radius 1 is 1.25 bits per heavy atom. The van der Waals surface area contributed by atoms with Crippen LogP contribution in [0.25, 0.3) is 0 Å². The summed E-state index contributed by atoms with van der Waals surface area (Å²) in [6.45, 7) is 9.52. The highest BCUT2D eigenvalue weighted by molar-refractivity contribution is 5.77. The third-order valence-electron chi connectivity index (χ3n) is 5.18. The molecule has 1 fully saturated rings. The van der Waals surface area contributed by atoms with Crippen LogP contribution in [0.2, 0.25) is 0 Å². The number of nitrogens with zero attached hydrogens (tertiary/aromatic N) is 2. The van der Waals surface area contributed by atoms with Crippen LogP contribution in [0.5, 0.6) is 0 Å². The zero-order chi connectivity index (χ0) is 20.7. The molecule has 1 aromatic carbocycles. The minimum atomic E-state index is -0.0277. The van der Waals surface area contributed by atoms with Gasteiger partial charge in [-0.05, 0) is 44.7 Å². The van der Waals surface area contributed by atoms with Crippen LogP contribution in [-0.2, 0) is 25.6 Å². The standard InChI is InChI=1S/C22H34N2O4/c1-6-24(17(4)25)20-11-12-27-21(13-20)19-9-7-18(8-10-19)14-23(5)22(26)15-28-16(2)3/h7-10,16,20-21H,6,11-15H2,1-5H3/t20-,21+/m1/s1. The molecule has 2 amide bonds. The lowest BCUT2D eigenvalue weighted by atomic mass is 9.95. The van der Waals surface area contributed by atoms with Crippen LogP contribution in [0, 0.1) is 0 Å². The minimum absolute atomic E-state index is 0.00000310. The first-order valence-electron chi connectivity index (χ1n) is 10.1. The van der Waals surface area contributed by atoms with Gasteiger partial charge < -0.3 is 19.3 Å². The van der Waals surface area contributed by atoms with Gasteiger partial charge in [-0.15, -0.1) is 0 Å². The first-order chi connectivity index (χ1) is 13.3. The van der Waals surface area contributed by atoms with Crippen molar-refractivity contribution in [3.05, 3.63) is 35.4 Å². The molecule has 0 radical (unpaired) electrons. The SMILES string of the molecule is CCN(C(C)=O)[C@@H]1CCO[C@H](c2ccc(CN(C)C(=O)COC(C)C)cc2)C1. The summed E-state index contributed by atoms with van der Waals surface area (Å²) in [7, 11) is 1.79. The Morgan fingerprint density at radius 3 is 2.50 bits per heavy atom. The molecule has 6 nitrogen and oxygen atoms in total. The number of amides is 2. The number of likely N-dealkylation sites (N-methyl/N-ethyl adjacent to an activating group) is 1. The largest absolute Gasteiger partial charge is 0.373 e. The van der Waals surface area contributed by atoms with Gasteiger partial charge in [0.2, 0.25) is 11.8 Å². The van der Waals surface area contributed by atoms with Gasteiger partial charge >= 0.3 is 0 Å². The van der Waals surface area contributed by atoms with Crippen LogP contribution in [0.3, 0.4) is 0 Å². The quantitative estimate of drug-likeness (QED) is 0.684. The smallest absolute Gasteiger partial charge is 0.248 e. The lowest BCUT2D eigenvalue weighted by molar-refractivity contribution is -0.137. The Labute approximate surface area is 168 Å². The molecule has 0 saturated carbocycles. The van der Waals surface area contributed by atoms with Crippen LogP contribution in [0.4, 0.5) is 0 Å². The summed E-state index contributed by atoms with van der Waals surface area (Å²) in [5, 5.41) is 0. The predicted octanol–water partition coefficient (Wildman–Crippen LogP) is 3.16. The van der Waals surface area contributed by atoms with Gasteiger partial charge in [0, 0.05) is 39.7 Å². The molecule has 1 aromatic rings. The van der Waals surface area contributed by atoms with Crippen LogP contribution in [0.15, 0.2) is 24.3 Å². The van der Waals surface area contributed by atoms with Crippen molar-refractivity contribution in [1.82, 2.24) is 9.80 Å². The molecule has 0 N–H and O–H groups in total. The minimum Gasteiger partial charge on any atom is -0.373 e. The zero-order valence-corrected chi connectivity index (χ0v) is 17.8. The Morgan fingerprint density at radius 2 is 1.93 bits per heavy atom. The molecule has 2 rings (SSSR count). The van der Waals surface area contributed by atoms with E-state index in [4.69, 9.17) is 9.47 Å². The third kappa shape index (κ3) is 6.31. The normalized spacial score (nSPS) is 19.5. The summed E-state index contributed by atoms with van der Waals surface area (Å²) >= 11 is 0. The summed E-state index contributed by atoms with van der Waals surface area (Å²) in [5.74, 6) is 0.0952. The molecule has 1 heterocycles. The van der Waals surface area contributed by atoms with Gasteiger partial charge in [0.1, 0.15) is 6.61 Å². The fourth-order valence-corrected chi connectivity index (χ4v) is 3.58. The van der Waals surface area contributed by atoms with Gasteiger partial charge in [-0.3, -0.25) is 9.59 Å². The number of benzene rings is 1. The molecule has 1 aliphatic rings. The van der Waals surface area contributed by atoms with E-state index in [1.807, 2.05) is 37.8 Å². The summed E-state index contributed by atoms with van der Waals surface area (Å²) in [4.78, 5) is 27.6. The van der Waals surface area contributed by atoms with E-state index in [9.17, 15) is 9.59 Å². The van der Waals surface area contributed by atoms with E-state index >= 15 is 0 Å². The summed E-state index contributed by atoms with van der Waals surface area (Å²) in [5.41, 5.74) is 2.18. The highest BCUT2D eigenvalue weighted by atomic mass is 16.5. The molecule has 0 spiro atoms. The molecular weight excluding hydrogens is 356 g/mol. The molecule has 2 atom stereocenters. The van der Waals surface area contributed by atoms with Crippen molar-refractivity contribution in [3.8, 4) is 0 Å². The first-order valence-corrected chi connectivity index (χ1v) is 10.1. The Bertz CT molecular complexity index is 644. The molecule has 0 bridgehead atoms. The van der Waals surface area contributed by atoms with E-state index in [1.54, 1.807) is 18.9 Å². The lowest BCUT2D eigenvalue weighted by Gasteiger charge is -2.36. The fourth-order valence-electron chi connectivity index (χ4n) is 3.58. The van der Waals surface area contributed by atoms with Crippen molar-refractivity contribution >= 4 is 11.8 Å². The van der Waals surface area contributed by atoms with E-state index in [-0.39, 0.29) is 36.7 Å². The van der Waals surface area contributed by atoms with Crippen LogP contribution in [0.1, 0.15) is 57.8 Å². The topological polar surface area (TPSA) is 59.1 Å². The second-order valence-corrected chi connectivity index (χ2v) is 7.69. The van der Waals surface area contributed by atoms with Gasteiger partial charge in [0.25, 0.3) is 0 Å². The number of hydrogen-bond donors (Lipinski definition) is 0. The molecule has 28 heavy (non-hydrogen) atoms. The van der Waals surface area contributed by atoms with Crippen LogP contribution in [-0.4, -0.2) is 60.6 Å². The number of carbonyl (C=O) groups is 2. The van der Waals surface area contributed by atoms with Crippen molar-refractivity contribution in [1.29, 1.82) is 0 Å². The highest BCUT2D eigenvalue weighted by Crippen LogP contribution is 2.31. The van der Waals surface area contributed by atoms with Gasteiger partial charge in [0.05, 0.1) is 12.2 Å². The predicted molar refractivity (Wildman–Crippen MR) is 109 cm³/mol. The second kappa shape index (κ2) is 10.6. The zero-order valence-electron chi connectivity index (χ0n) is 17.8. The van der Waals surface area contributed by atoms with E-state index in [0.29, 0.717) is 13.2 Å². The van der Waals surface area contributed by atoms with E-state index in [2.05, 4.69) is 12.1 Å². The summed E-state index contributed by atoms with van der Waals surface area (Å²) in [6, 6.07) is 8.44. The van der Waals surface area contributed by atoms with Crippen molar-refractivity contribution in [3.63, 3.8) is 0 Å². The second-order valence-electron chi connectivity index (χ2n) is 7.69. The summed E-state index contributed by atoms with van der Waals surface area (Å²) < 4.78 is 11.3. The lowest BCUT2D eigenvalue weighted by Crippen LogP contribution is -2.42. The van der Waals surface area contributed by atoms with Gasteiger partial charge in [-0.2, -0.15) is 0 Å². The average molecular weight is 391 g/mol. The van der Waals surface area contributed by atoms with E-state index in [0.717, 1.165) is 30.5 Å². The monoisotopic (exact) mass is 390 g/mol. The van der Waals surface area contributed by atoms with Crippen LogP contribution < -0.4 is 0 Å². The molecule has 6 heteroatoms. The maximum Gasteiger partial charge on any atom is 0.248 e. The van der Waals surface area contributed by atoms with Crippen molar-refractivity contribution in [2.75, 3.05) is 26.8 Å². The van der Waals surface area contributed by atoms with Gasteiger partial charge in [-0.25, -0.2) is 0 Å². The molecule has 1 aliphatic heterocycles. The molecule has 0 aliphatic carbocycles. The van der Waals surface area contributed by atoms with Crippen LogP contribution >= 0.6 is 0 Å². The Balaban J connectivity index is 1.94. The maximum atomic E-state index is 12.1. The maximum absolute atomic E-state index is 12.1. The van der Waals surface area contributed by atoms with Crippen molar-refractivity contribution in [2.45, 2.75) is 65.3 Å². The van der Waals surface area contributed by atoms with Crippen molar-refractivity contribution < 1.29 is 19.1 Å². The summed E-state index contributed by atoms with van der Waals surface area (Å²) in [6.07, 6.45) is 1.74. The molecule has 0 unspecified atom stereocenters.